The lowest BCUT2D eigenvalue weighted by Crippen LogP contribution is -2.38. The van der Waals surface area contributed by atoms with Gasteiger partial charge in [-0.05, 0) is 19.3 Å². The van der Waals surface area contributed by atoms with Gasteiger partial charge in [0, 0.05) is 38.2 Å². The normalized spacial score (nSPS) is 20.0. The zero-order valence-corrected chi connectivity index (χ0v) is 17.2. The number of carbonyl (C=O) groups is 1. The fourth-order valence-electron chi connectivity index (χ4n) is 4.43. The lowest BCUT2D eigenvalue weighted by Gasteiger charge is -2.36. The molecule has 2 aliphatic heterocycles. The van der Waals surface area contributed by atoms with Crippen molar-refractivity contribution in [3.05, 3.63) is 29.6 Å². The van der Waals surface area contributed by atoms with Crippen molar-refractivity contribution in [2.75, 3.05) is 29.9 Å². The van der Waals surface area contributed by atoms with Crippen LogP contribution in [-0.2, 0) is 17.8 Å². The van der Waals surface area contributed by atoms with Crippen LogP contribution in [0.5, 0.6) is 0 Å². The molecule has 0 unspecified atom stereocenters. The summed E-state index contributed by atoms with van der Waals surface area (Å²) in [5.74, 6) is -1.37. The van der Waals surface area contributed by atoms with Gasteiger partial charge in [0.15, 0.2) is 0 Å². The number of rotatable bonds is 5. The molecule has 168 valence electrons. The summed E-state index contributed by atoms with van der Waals surface area (Å²) in [7, 11) is 0. The topological polar surface area (TPSA) is 96.2 Å². The zero-order chi connectivity index (χ0) is 22.2. The maximum atomic E-state index is 13.7. The Kier molecular flexibility index (Phi) is 5.87. The van der Waals surface area contributed by atoms with Gasteiger partial charge in [-0.3, -0.25) is 4.79 Å². The number of hydrogen-bond donors (Lipinski definition) is 2. The molecule has 4 heterocycles. The van der Waals surface area contributed by atoms with Crippen LogP contribution >= 0.6 is 0 Å². The standard InChI is InChI=1S/C20H25F3N6O2/c1-2-13-10-29(7-8-30)18(26-13)12-3-5-28(6-4-12)19-16-14(20(21,22)23)9-15(31)27-17(16)24-11-25-19/h10-12,14,30H,2-9H2,1H3,(H,24,25,27,31)/t14-/m1/s1. The van der Waals surface area contributed by atoms with E-state index in [0.717, 1.165) is 17.9 Å². The molecule has 0 spiro atoms. The second-order valence-electron chi connectivity index (χ2n) is 7.93. The second kappa shape index (κ2) is 8.45. The molecule has 0 bridgehead atoms. The van der Waals surface area contributed by atoms with Crippen LogP contribution in [0.15, 0.2) is 12.5 Å². The molecule has 2 aromatic heterocycles. The van der Waals surface area contributed by atoms with Crippen molar-refractivity contribution >= 4 is 17.5 Å². The molecule has 11 heteroatoms. The van der Waals surface area contributed by atoms with Gasteiger partial charge in [-0.1, -0.05) is 6.92 Å². The molecule has 2 aliphatic rings. The number of piperidine rings is 1. The number of halogens is 3. The minimum absolute atomic E-state index is 0.0168. The summed E-state index contributed by atoms with van der Waals surface area (Å²) in [4.78, 5) is 26.4. The smallest absolute Gasteiger partial charge is 0.395 e. The minimum atomic E-state index is -4.56. The van der Waals surface area contributed by atoms with E-state index in [2.05, 4.69) is 15.3 Å². The summed E-state index contributed by atoms with van der Waals surface area (Å²) < 4.78 is 43.0. The number of amides is 1. The van der Waals surface area contributed by atoms with Crippen LogP contribution in [0.4, 0.5) is 24.8 Å². The van der Waals surface area contributed by atoms with Gasteiger partial charge in [0.05, 0.1) is 23.8 Å². The Labute approximate surface area is 177 Å². The summed E-state index contributed by atoms with van der Waals surface area (Å²) in [6.45, 7) is 3.53. The minimum Gasteiger partial charge on any atom is -0.395 e. The average Bonchev–Trinajstić information content (AvgIpc) is 3.15. The van der Waals surface area contributed by atoms with Gasteiger partial charge < -0.3 is 19.9 Å². The van der Waals surface area contributed by atoms with Gasteiger partial charge in [0.1, 0.15) is 23.8 Å². The predicted octanol–water partition coefficient (Wildman–Crippen LogP) is 2.60. The van der Waals surface area contributed by atoms with Gasteiger partial charge >= 0.3 is 6.18 Å². The molecule has 1 amide bonds. The van der Waals surface area contributed by atoms with Crippen LogP contribution in [0.1, 0.15) is 55.1 Å². The quantitative estimate of drug-likeness (QED) is 0.745. The number of nitrogens with zero attached hydrogens (tertiary/aromatic N) is 5. The van der Waals surface area contributed by atoms with Crippen molar-refractivity contribution in [3.8, 4) is 0 Å². The first kappa shape index (κ1) is 21.5. The van der Waals surface area contributed by atoms with Gasteiger partial charge in [-0.15, -0.1) is 0 Å². The van der Waals surface area contributed by atoms with Crippen LogP contribution in [0.3, 0.4) is 0 Å². The summed E-state index contributed by atoms with van der Waals surface area (Å²) in [5.41, 5.74) is 0.905. The zero-order valence-electron chi connectivity index (χ0n) is 17.2. The van der Waals surface area contributed by atoms with E-state index in [1.807, 2.05) is 22.6 Å². The van der Waals surface area contributed by atoms with Crippen molar-refractivity contribution in [3.63, 3.8) is 0 Å². The van der Waals surface area contributed by atoms with E-state index in [1.54, 1.807) is 0 Å². The molecule has 0 radical (unpaired) electrons. The van der Waals surface area contributed by atoms with Crippen molar-refractivity contribution < 1.29 is 23.1 Å². The lowest BCUT2D eigenvalue weighted by molar-refractivity contribution is -0.156. The van der Waals surface area contributed by atoms with E-state index in [-0.39, 0.29) is 29.7 Å². The Morgan fingerprint density at radius 2 is 2.00 bits per heavy atom. The summed E-state index contributed by atoms with van der Waals surface area (Å²) in [6.07, 6.45) is 0.125. The monoisotopic (exact) mass is 438 g/mol. The van der Waals surface area contributed by atoms with E-state index < -0.39 is 24.4 Å². The number of aliphatic hydroxyl groups is 1. The maximum Gasteiger partial charge on any atom is 0.396 e. The summed E-state index contributed by atoms with van der Waals surface area (Å²) in [6, 6.07) is 0. The first-order valence-corrected chi connectivity index (χ1v) is 10.4. The fourth-order valence-corrected chi connectivity index (χ4v) is 4.43. The Bertz CT molecular complexity index is 953. The highest BCUT2D eigenvalue weighted by Gasteiger charge is 2.48. The molecule has 2 aromatic rings. The average molecular weight is 438 g/mol. The number of alkyl halides is 3. The predicted molar refractivity (Wildman–Crippen MR) is 107 cm³/mol. The van der Waals surface area contributed by atoms with E-state index in [9.17, 15) is 23.1 Å². The largest absolute Gasteiger partial charge is 0.396 e. The number of aryl methyl sites for hydroxylation is 1. The number of carbonyl (C=O) groups excluding carboxylic acids is 1. The Balaban J connectivity index is 1.57. The highest BCUT2D eigenvalue weighted by molar-refractivity contribution is 5.94. The molecule has 8 nitrogen and oxygen atoms in total. The third-order valence-electron chi connectivity index (χ3n) is 5.97. The van der Waals surface area contributed by atoms with Crippen molar-refractivity contribution in [1.29, 1.82) is 0 Å². The molecule has 31 heavy (non-hydrogen) atoms. The maximum absolute atomic E-state index is 13.7. The Hall–Kier alpha value is -2.69. The number of fused-ring (bicyclic) bond motifs is 1. The fraction of sp³-hybridized carbons (Fsp3) is 0.600. The molecule has 4 rings (SSSR count). The molecule has 2 N–H and O–H groups in total. The molecule has 0 aromatic carbocycles. The Morgan fingerprint density at radius 1 is 1.26 bits per heavy atom. The third-order valence-corrected chi connectivity index (χ3v) is 5.97. The third kappa shape index (κ3) is 4.23. The summed E-state index contributed by atoms with van der Waals surface area (Å²) in [5, 5.41) is 11.8. The molecular formula is C20H25F3N6O2. The van der Waals surface area contributed by atoms with Crippen LogP contribution in [0.25, 0.3) is 0 Å². The van der Waals surface area contributed by atoms with Crippen LogP contribution in [0, 0.1) is 0 Å². The van der Waals surface area contributed by atoms with Crippen molar-refractivity contribution in [2.45, 2.75) is 57.2 Å². The molecule has 1 fully saturated rings. The van der Waals surface area contributed by atoms with Gasteiger partial charge in [-0.25, -0.2) is 15.0 Å². The number of aromatic nitrogens is 4. The highest BCUT2D eigenvalue weighted by Crippen LogP contribution is 2.46. The van der Waals surface area contributed by atoms with Gasteiger partial charge in [0.2, 0.25) is 5.91 Å². The second-order valence-corrected chi connectivity index (χ2v) is 7.93. The molecule has 0 aliphatic carbocycles. The molecule has 0 saturated carbocycles. The van der Waals surface area contributed by atoms with Gasteiger partial charge in [-0.2, -0.15) is 13.2 Å². The number of anilines is 2. The highest BCUT2D eigenvalue weighted by atomic mass is 19.4. The number of imidazole rings is 1. The van der Waals surface area contributed by atoms with Crippen LogP contribution < -0.4 is 10.2 Å². The summed E-state index contributed by atoms with van der Waals surface area (Å²) >= 11 is 0. The van der Waals surface area contributed by atoms with Gasteiger partial charge in [0.25, 0.3) is 0 Å². The number of aliphatic hydroxyl groups excluding tert-OH is 1. The Morgan fingerprint density at radius 3 is 2.65 bits per heavy atom. The van der Waals surface area contributed by atoms with E-state index >= 15 is 0 Å². The molecular weight excluding hydrogens is 413 g/mol. The first-order chi connectivity index (χ1) is 14.8. The number of nitrogens with one attached hydrogen (secondary N) is 1. The molecule has 1 saturated heterocycles. The SMILES string of the molecule is CCc1cn(CCO)c(C2CCN(c3ncnc4c3[C@H](C(F)(F)F)CC(=O)N4)CC2)n1. The van der Waals surface area contributed by atoms with E-state index in [1.165, 1.54) is 6.33 Å². The van der Waals surface area contributed by atoms with Crippen LogP contribution in [-0.4, -0.2) is 56.4 Å². The molecule has 1 atom stereocenters. The number of hydrogen-bond acceptors (Lipinski definition) is 6. The van der Waals surface area contributed by atoms with E-state index in [0.29, 0.717) is 32.5 Å². The first-order valence-electron chi connectivity index (χ1n) is 10.4. The van der Waals surface area contributed by atoms with Crippen molar-refractivity contribution in [2.24, 2.45) is 0 Å². The lowest BCUT2D eigenvalue weighted by atomic mass is 9.90. The van der Waals surface area contributed by atoms with Crippen LogP contribution in [0.2, 0.25) is 0 Å². The van der Waals surface area contributed by atoms with Crippen molar-refractivity contribution in [1.82, 2.24) is 19.5 Å². The van der Waals surface area contributed by atoms with E-state index in [4.69, 9.17) is 4.98 Å².